The lowest BCUT2D eigenvalue weighted by Gasteiger charge is -2.16. The van der Waals surface area contributed by atoms with Gasteiger partial charge < -0.3 is 20.5 Å². The smallest absolute Gasteiger partial charge is 0.307 e. The van der Waals surface area contributed by atoms with Crippen LogP contribution in [0.4, 0.5) is 0 Å². The lowest BCUT2D eigenvalue weighted by Crippen LogP contribution is -2.33. The van der Waals surface area contributed by atoms with E-state index in [4.69, 9.17) is 10.5 Å². The highest BCUT2D eigenvalue weighted by atomic mass is 32.1. The minimum Gasteiger partial charge on any atom is -0.469 e. The van der Waals surface area contributed by atoms with Crippen LogP contribution in [-0.4, -0.2) is 38.7 Å². The average Bonchev–Trinajstić information content (AvgIpc) is 2.92. The van der Waals surface area contributed by atoms with E-state index in [2.05, 4.69) is 10.1 Å². The molecule has 7 heteroatoms. The fraction of sp³-hybridized carbons (Fsp3) is 0.500. The summed E-state index contributed by atoms with van der Waals surface area (Å²) < 4.78 is 9.67. The first kappa shape index (κ1) is 15.6. The average molecular weight is 286 g/mol. The molecule has 0 spiro atoms. The van der Waals surface area contributed by atoms with Crippen molar-refractivity contribution in [3.05, 3.63) is 22.4 Å². The highest BCUT2D eigenvalue weighted by Gasteiger charge is 2.19. The molecule has 1 aromatic heterocycles. The molecule has 0 radical (unpaired) electrons. The van der Waals surface area contributed by atoms with Crippen LogP contribution in [0.2, 0.25) is 0 Å². The van der Waals surface area contributed by atoms with Crippen molar-refractivity contribution in [3.63, 3.8) is 0 Å². The Morgan fingerprint density at radius 2 is 2.32 bits per heavy atom. The van der Waals surface area contributed by atoms with Gasteiger partial charge in [0.05, 0.1) is 26.2 Å². The standard InChI is InChI=1S/C12H18N2O4S/c1-17-12(16)7-9(10-3-2-6-19-10)14-11(15)8-18-5-4-13/h2-3,6,9H,4-5,7-8,13H2,1H3,(H,14,15). The Labute approximate surface area is 115 Å². The van der Waals surface area contributed by atoms with E-state index in [0.29, 0.717) is 13.2 Å². The number of carbonyl (C=O) groups excluding carboxylic acids is 2. The molecule has 1 atom stereocenters. The van der Waals surface area contributed by atoms with Crippen LogP contribution < -0.4 is 11.1 Å². The summed E-state index contributed by atoms with van der Waals surface area (Å²) in [4.78, 5) is 23.9. The van der Waals surface area contributed by atoms with Gasteiger partial charge in [-0.3, -0.25) is 9.59 Å². The number of esters is 1. The van der Waals surface area contributed by atoms with Crippen LogP contribution in [0.5, 0.6) is 0 Å². The lowest BCUT2D eigenvalue weighted by atomic mass is 10.1. The molecule has 106 valence electrons. The van der Waals surface area contributed by atoms with Gasteiger partial charge in [0, 0.05) is 11.4 Å². The molecule has 3 N–H and O–H groups in total. The SMILES string of the molecule is COC(=O)CC(NC(=O)COCCN)c1cccs1. The van der Waals surface area contributed by atoms with E-state index in [0.717, 1.165) is 4.88 Å². The van der Waals surface area contributed by atoms with Gasteiger partial charge in [0.15, 0.2) is 0 Å². The predicted molar refractivity (Wildman–Crippen MR) is 71.7 cm³/mol. The maximum absolute atomic E-state index is 11.7. The van der Waals surface area contributed by atoms with E-state index in [1.165, 1.54) is 18.4 Å². The van der Waals surface area contributed by atoms with E-state index in [-0.39, 0.29) is 30.9 Å². The maximum atomic E-state index is 11.7. The van der Waals surface area contributed by atoms with Crippen LogP contribution >= 0.6 is 11.3 Å². The lowest BCUT2D eigenvalue weighted by molar-refractivity contribution is -0.141. The Balaban J connectivity index is 2.54. The van der Waals surface area contributed by atoms with Gasteiger partial charge in [0.1, 0.15) is 6.61 Å². The van der Waals surface area contributed by atoms with Crippen LogP contribution in [0.3, 0.4) is 0 Å². The topological polar surface area (TPSA) is 90.6 Å². The first-order chi connectivity index (χ1) is 9.17. The van der Waals surface area contributed by atoms with Crippen LogP contribution in [-0.2, 0) is 19.1 Å². The second kappa shape index (κ2) is 8.63. The van der Waals surface area contributed by atoms with E-state index >= 15 is 0 Å². The summed E-state index contributed by atoms with van der Waals surface area (Å²) in [6, 6.07) is 3.34. The molecule has 0 aliphatic heterocycles. The largest absolute Gasteiger partial charge is 0.469 e. The molecule has 1 rings (SSSR count). The molecule has 0 fully saturated rings. The Hall–Kier alpha value is -1.44. The zero-order chi connectivity index (χ0) is 14.1. The van der Waals surface area contributed by atoms with Gasteiger partial charge in [-0.25, -0.2) is 0 Å². The maximum Gasteiger partial charge on any atom is 0.307 e. The van der Waals surface area contributed by atoms with E-state index < -0.39 is 0 Å². The molecule has 0 saturated heterocycles. The number of ether oxygens (including phenoxy) is 2. The summed E-state index contributed by atoms with van der Waals surface area (Å²) in [5, 5.41) is 4.63. The number of amides is 1. The molecule has 1 aromatic rings. The van der Waals surface area contributed by atoms with Gasteiger partial charge in [-0.05, 0) is 11.4 Å². The molecule has 1 heterocycles. The minimum atomic E-state index is -0.388. The molecule has 0 aromatic carbocycles. The number of nitrogens with one attached hydrogen (secondary N) is 1. The van der Waals surface area contributed by atoms with Crippen molar-refractivity contribution in [2.24, 2.45) is 5.73 Å². The fourth-order valence-electron chi connectivity index (χ4n) is 1.45. The monoisotopic (exact) mass is 286 g/mol. The molecule has 19 heavy (non-hydrogen) atoms. The van der Waals surface area contributed by atoms with Crippen molar-refractivity contribution in [3.8, 4) is 0 Å². The van der Waals surface area contributed by atoms with Crippen molar-refractivity contribution >= 4 is 23.2 Å². The van der Waals surface area contributed by atoms with E-state index in [1.807, 2.05) is 17.5 Å². The Kier molecular flexibility index (Phi) is 7.09. The summed E-state index contributed by atoms with van der Waals surface area (Å²) in [5.74, 6) is -0.655. The molecule has 1 unspecified atom stereocenters. The van der Waals surface area contributed by atoms with E-state index in [9.17, 15) is 9.59 Å². The van der Waals surface area contributed by atoms with Crippen LogP contribution in [0.1, 0.15) is 17.3 Å². The van der Waals surface area contributed by atoms with Crippen molar-refractivity contribution in [1.29, 1.82) is 0 Å². The van der Waals surface area contributed by atoms with Gasteiger partial charge in [-0.1, -0.05) is 6.07 Å². The van der Waals surface area contributed by atoms with Crippen LogP contribution in [0.15, 0.2) is 17.5 Å². The number of thiophene rings is 1. The minimum absolute atomic E-state index is 0.0692. The molecule has 1 amide bonds. The van der Waals surface area contributed by atoms with Crippen LogP contribution in [0, 0.1) is 0 Å². The zero-order valence-electron chi connectivity index (χ0n) is 10.8. The summed E-state index contributed by atoms with van der Waals surface area (Å²) in [5.41, 5.74) is 5.26. The Morgan fingerprint density at radius 1 is 1.53 bits per heavy atom. The summed E-state index contributed by atoms with van der Waals surface area (Å²) in [6.45, 7) is 0.623. The van der Waals surface area contributed by atoms with Crippen molar-refractivity contribution in [2.75, 3.05) is 26.9 Å². The molecule has 0 saturated carbocycles. The zero-order valence-corrected chi connectivity index (χ0v) is 11.6. The number of carbonyl (C=O) groups is 2. The normalized spacial score (nSPS) is 11.9. The molecule has 0 aliphatic rings. The number of methoxy groups -OCH3 is 1. The van der Waals surface area contributed by atoms with Gasteiger partial charge in [0.25, 0.3) is 0 Å². The summed E-state index contributed by atoms with van der Waals surface area (Å²) in [6.07, 6.45) is 0.0969. The number of rotatable bonds is 8. The van der Waals surface area contributed by atoms with Gasteiger partial charge >= 0.3 is 5.97 Å². The highest BCUT2D eigenvalue weighted by molar-refractivity contribution is 7.10. The summed E-state index contributed by atoms with van der Waals surface area (Å²) in [7, 11) is 1.32. The first-order valence-corrected chi connectivity index (χ1v) is 6.72. The summed E-state index contributed by atoms with van der Waals surface area (Å²) >= 11 is 1.47. The number of nitrogens with two attached hydrogens (primary N) is 1. The quantitative estimate of drug-likeness (QED) is 0.534. The van der Waals surface area contributed by atoms with Gasteiger partial charge in [-0.15, -0.1) is 11.3 Å². The van der Waals surface area contributed by atoms with Crippen LogP contribution in [0.25, 0.3) is 0 Å². The third-order valence-electron chi connectivity index (χ3n) is 2.32. The van der Waals surface area contributed by atoms with Crippen molar-refractivity contribution in [2.45, 2.75) is 12.5 Å². The van der Waals surface area contributed by atoms with Crippen molar-refractivity contribution in [1.82, 2.24) is 5.32 Å². The van der Waals surface area contributed by atoms with Crippen molar-refractivity contribution < 1.29 is 19.1 Å². The molecule has 0 bridgehead atoms. The molecular formula is C12H18N2O4S. The third-order valence-corrected chi connectivity index (χ3v) is 3.30. The highest BCUT2D eigenvalue weighted by Crippen LogP contribution is 2.22. The number of hydrogen-bond acceptors (Lipinski definition) is 6. The Morgan fingerprint density at radius 3 is 2.89 bits per heavy atom. The molecular weight excluding hydrogens is 268 g/mol. The van der Waals surface area contributed by atoms with E-state index in [1.54, 1.807) is 0 Å². The molecule has 6 nitrogen and oxygen atoms in total. The predicted octanol–water partition coefficient (Wildman–Crippen LogP) is 0.444. The Bertz CT molecular complexity index is 394. The van der Waals surface area contributed by atoms with Gasteiger partial charge in [-0.2, -0.15) is 0 Å². The first-order valence-electron chi connectivity index (χ1n) is 5.84. The van der Waals surface area contributed by atoms with Gasteiger partial charge in [0.2, 0.25) is 5.91 Å². The third kappa shape index (κ3) is 5.82. The second-order valence-electron chi connectivity index (χ2n) is 3.76. The molecule has 0 aliphatic carbocycles. The number of hydrogen-bond donors (Lipinski definition) is 2. The fourth-order valence-corrected chi connectivity index (χ4v) is 2.22. The second-order valence-corrected chi connectivity index (χ2v) is 4.74.